The molecule has 0 spiro atoms. The number of amides is 1. The molecule has 22 heavy (non-hydrogen) atoms. The Bertz CT molecular complexity index is 511. The summed E-state index contributed by atoms with van der Waals surface area (Å²) in [5.74, 6) is 0.269. The van der Waals surface area contributed by atoms with Crippen molar-refractivity contribution in [3.8, 4) is 0 Å². The summed E-state index contributed by atoms with van der Waals surface area (Å²) < 4.78 is 5.38. The molecule has 1 saturated heterocycles. The fourth-order valence-corrected chi connectivity index (χ4v) is 2.96. The number of nitrogens with two attached hydrogens (primary N) is 1. The molecule has 5 nitrogen and oxygen atoms in total. The molecular weight excluding hydrogens is 278 g/mol. The van der Waals surface area contributed by atoms with Crippen LogP contribution < -0.4 is 11.1 Å². The van der Waals surface area contributed by atoms with Gasteiger partial charge >= 0.3 is 0 Å². The Morgan fingerprint density at radius 1 is 1.36 bits per heavy atom. The minimum absolute atomic E-state index is 0.0283. The minimum atomic E-state index is -0.143. The smallest absolute Gasteiger partial charge is 0.241 e. The van der Waals surface area contributed by atoms with Crippen LogP contribution in [0.5, 0.6) is 0 Å². The van der Waals surface area contributed by atoms with Crippen molar-refractivity contribution in [2.75, 3.05) is 37.4 Å². The normalized spacial score (nSPS) is 17.5. The molecule has 1 aliphatic heterocycles. The molecule has 2 rings (SSSR count). The van der Waals surface area contributed by atoms with Gasteiger partial charge in [-0.15, -0.1) is 0 Å². The van der Waals surface area contributed by atoms with Crippen molar-refractivity contribution in [1.82, 2.24) is 4.90 Å². The Hall–Kier alpha value is -1.59. The molecule has 1 atom stereocenters. The zero-order valence-corrected chi connectivity index (χ0v) is 13.8. The standard InChI is InChI=1S/C17H27N3O2/c1-4-13-5-6-14(11-15(13)18)19-17(21)16(12(2)3)20-7-9-22-10-8-20/h5-6,11-12,16H,4,7-10,18H2,1-3H3,(H,19,21). The third kappa shape index (κ3) is 3.99. The van der Waals surface area contributed by atoms with E-state index in [1.807, 2.05) is 18.2 Å². The fraction of sp³-hybridized carbons (Fsp3) is 0.588. The predicted molar refractivity (Wildman–Crippen MR) is 89.9 cm³/mol. The number of hydrogen-bond donors (Lipinski definition) is 2. The summed E-state index contributed by atoms with van der Waals surface area (Å²) in [4.78, 5) is 14.9. The molecule has 1 aliphatic rings. The van der Waals surface area contributed by atoms with E-state index in [1.54, 1.807) is 0 Å². The van der Waals surface area contributed by atoms with Gasteiger partial charge in [0, 0.05) is 24.5 Å². The summed E-state index contributed by atoms with van der Waals surface area (Å²) in [6.45, 7) is 9.20. The van der Waals surface area contributed by atoms with Crippen molar-refractivity contribution in [1.29, 1.82) is 0 Å². The first kappa shape index (κ1) is 16.8. The lowest BCUT2D eigenvalue weighted by Crippen LogP contribution is -2.51. The minimum Gasteiger partial charge on any atom is -0.398 e. The number of nitrogens with zero attached hydrogens (tertiary/aromatic N) is 1. The second-order valence-corrected chi connectivity index (χ2v) is 6.09. The number of carbonyl (C=O) groups is 1. The highest BCUT2D eigenvalue weighted by Crippen LogP contribution is 2.20. The Balaban J connectivity index is 2.09. The maximum absolute atomic E-state index is 12.7. The van der Waals surface area contributed by atoms with Crippen LogP contribution in [0.15, 0.2) is 18.2 Å². The third-order valence-electron chi connectivity index (χ3n) is 4.13. The second-order valence-electron chi connectivity index (χ2n) is 6.09. The molecule has 1 heterocycles. The zero-order valence-electron chi connectivity index (χ0n) is 13.8. The molecule has 1 aromatic carbocycles. The van der Waals surface area contributed by atoms with E-state index < -0.39 is 0 Å². The first-order valence-corrected chi connectivity index (χ1v) is 8.04. The monoisotopic (exact) mass is 305 g/mol. The molecule has 0 saturated carbocycles. The number of carbonyl (C=O) groups excluding carboxylic acids is 1. The molecule has 1 amide bonds. The molecule has 0 aliphatic carbocycles. The fourth-order valence-electron chi connectivity index (χ4n) is 2.96. The van der Waals surface area contributed by atoms with Crippen molar-refractivity contribution >= 4 is 17.3 Å². The molecule has 0 aromatic heterocycles. The molecule has 1 fully saturated rings. The van der Waals surface area contributed by atoms with E-state index >= 15 is 0 Å². The third-order valence-corrected chi connectivity index (χ3v) is 4.13. The maximum Gasteiger partial charge on any atom is 0.241 e. The number of anilines is 2. The van der Waals surface area contributed by atoms with Gasteiger partial charge in [0.1, 0.15) is 0 Å². The van der Waals surface area contributed by atoms with Crippen molar-refractivity contribution in [3.63, 3.8) is 0 Å². The lowest BCUT2D eigenvalue weighted by atomic mass is 10.0. The van der Waals surface area contributed by atoms with Gasteiger partial charge in [0.25, 0.3) is 0 Å². The first-order valence-electron chi connectivity index (χ1n) is 8.04. The lowest BCUT2D eigenvalue weighted by Gasteiger charge is -2.35. The Kier molecular flexibility index (Phi) is 5.80. The summed E-state index contributed by atoms with van der Waals surface area (Å²) >= 11 is 0. The van der Waals surface area contributed by atoms with Crippen LogP contribution in [0.25, 0.3) is 0 Å². The molecular formula is C17H27N3O2. The molecule has 1 unspecified atom stereocenters. The lowest BCUT2D eigenvalue weighted by molar-refractivity contribution is -0.124. The molecule has 122 valence electrons. The largest absolute Gasteiger partial charge is 0.398 e. The van der Waals surface area contributed by atoms with E-state index in [4.69, 9.17) is 10.5 Å². The van der Waals surface area contributed by atoms with Crippen LogP contribution in [-0.4, -0.2) is 43.2 Å². The average molecular weight is 305 g/mol. The van der Waals surface area contributed by atoms with Gasteiger partial charge in [0.05, 0.1) is 19.3 Å². The number of nitrogen functional groups attached to an aromatic ring is 1. The van der Waals surface area contributed by atoms with E-state index in [2.05, 4.69) is 31.0 Å². The Morgan fingerprint density at radius 3 is 2.59 bits per heavy atom. The number of ether oxygens (including phenoxy) is 1. The van der Waals surface area contributed by atoms with Crippen LogP contribution in [0.4, 0.5) is 11.4 Å². The van der Waals surface area contributed by atoms with Crippen molar-refractivity contribution < 1.29 is 9.53 Å². The molecule has 5 heteroatoms. The van der Waals surface area contributed by atoms with Crippen LogP contribution in [0.3, 0.4) is 0 Å². The summed E-state index contributed by atoms with van der Waals surface area (Å²) in [5, 5.41) is 3.01. The highest BCUT2D eigenvalue weighted by Gasteiger charge is 2.30. The number of aryl methyl sites for hydroxylation is 1. The van der Waals surface area contributed by atoms with E-state index in [-0.39, 0.29) is 17.9 Å². The van der Waals surface area contributed by atoms with E-state index in [0.29, 0.717) is 13.2 Å². The van der Waals surface area contributed by atoms with Gasteiger partial charge < -0.3 is 15.8 Å². The Morgan fingerprint density at radius 2 is 2.05 bits per heavy atom. The van der Waals surface area contributed by atoms with Crippen LogP contribution >= 0.6 is 0 Å². The topological polar surface area (TPSA) is 67.6 Å². The summed E-state index contributed by atoms with van der Waals surface area (Å²) in [6, 6.07) is 5.59. The summed E-state index contributed by atoms with van der Waals surface area (Å²) in [6.07, 6.45) is 0.891. The average Bonchev–Trinajstić information content (AvgIpc) is 2.48. The van der Waals surface area contributed by atoms with Crippen LogP contribution in [0, 0.1) is 5.92 Å². The summed E-state index contributed by atoms with van der Waals surface area (Å²) in [5.41, 5.74) is 8.60. The van der Waals surface area contributed by atoms with E-state index in [0.717, 1.165) is 36.4 Å². The van der Waals surface area contributed by atoms with Crippen LogP contribution in [-0.2, 0) is 16.0 Å². The number of nitrogens with one attached hydrogen (secondary N) is 1. The van der Waals surface area contributed by atoms with Crippen LogP contribution in [0.1, 0.15) is 26.3 Å². The van der Waals surface area contributed by atoms with Gasteiger partial charge in [0.2, 0.25) is 5.91 Å². The quantitative estimate of drug-likeness (QED) is 0.818. The van der Waals surface area contributed by atoms with Gasteiger partial charge in [-0.05, 0) is 30.0 Å². The molecule has 0 radical (unpaired) electrons. The van der Waals surface area contributed by atoms with E-state index in [9.17, 15) is 4.79 Å². The van der Waals surface area contributed by atoms with Gasteiger partial charge in [-0.3, -0.25) is 9.69 Å². The number of hydrogen-bond acceptors (Lipinski definition) is 4. The Labute approximate surface area is 132 Å². The van der Waals surface area contributed by atoms with Gasteiger partial charge in [0.15, 0.2) is 0 Å². The highest BCUT2D eigenvalue weighted by atomic mass is 16.5. The van der Waals surface area contributed by atoms with Crippen LogP contribution in [0.2, 0.25) is 0 Å². The number of rotatable bonds is 5. The van der Waals surface area contributed by atoms with E-state index in [1.165, 1.54) is 0 Å². The number of morpholine rings is 1. The van der Waals surface area contributed by atoms with Crippen molar-refractivity contribution in [2.24, 2.45) is 5.92 Å². The van der Waals surface area contributed by atoms with Gasteiger partial charge in [-0.1, -0.05) is 26.8 Å². The molecule has 1 aromatic rings. The highest BCUT2D eigenvalue weighted by molar-refractivity contribution is 5.95. The SMILES string of the molecule is CCc1ccc(NC(=O)C(C(C)C)N2CCOCC2)cc1N. The van der Waals surface area contributed by atoms with Crippen molar-refractivity contribution in [2.45, 2.75) is 33.2 Å². The van der Waals surface area contributed by atoms with Gasteiger partial charge in [-0.2, -0.15) is 0 Å². The van der Waals surface area contributed by atoms with Crippen molar-refractivity contribution in [3.05, 3.63) is 23.8 Å². The predicted octanol–water partition coefficient (Wildman–Crippen LogP) is 2.13. The first-order chi connectivity index (χ1) is 10.5. The second kappa shape index (κ2) is 7.61. The molecule has 0 bridgehead atoms. The zero-order chi connectivity index (χ0) is 16.1. The maximum atomic E-state index is 12.7. The molecule has 3 N–H and O–H groups in total. The number of benzene rings is 1. The summed E-state index contributed by atoms with van der Waals surface area (Å²) in [7, 11) is 0. The van der Waals surface area contributed by atoms with Gasteiger partial charge in [-0.25, -0.2) is 0 Å².